The number of amides is 1. The highest BCUT2D eigenvalue weighted by Gasteiger charge is 2.22. The molecule has 0 spiro atoms. The van der Waals surface area contributed by atoms with Crippen LogP contribution in [-0.4, -0.2) is 52.2 Å². The molecule has 28 heavy (non-hydrogen) atoms. The molecule has 7 heteroatoms. The van der Waals surface area contributed by atoms with Crippen LogP contribution in [0, 0.1) is 0 Å². The molecule has 0 atom stereocenters. The monoisotopic (exact) mass is 393 g/mol. The number of benzene rings is 1. The third kappa shape index (κ3) is 4.12. The van der Waals surface area contributed by atoms with E-state index < -0.39 is 0 Å². The Bertz CT molecular complexity index is 941. The molecule has 1 aliphatic heterocycles. The molecule has 6 nitrogen and oxygen atoms in total. The first kappa shape index (κ1) is 18.4. The van der Waals surface area contributed by atoms with E-state index in [0.29, 0.717) is 24.5 Å². The summed E-state index contributed by atoms with van der Waals surface area (Å²) in [4.78, 5) is 20.6. The number of piperazine rings is 1. The lowest BCUT2D eigenvalue weighted by molar-refractivity contribution is -0.130. The van der Waals surface area contributed by atoms with E-state index in [9.17, 15) is 4.79 Å². The lowest BCUT2D eigenvalue weighted by Crippen LogP contribution is -2.49. The number of carbonyl (C=O) groups is 1. The van der Waals surface area contributed by atoms with Crippen LogP contribution in [0.3, 0.4) is 0 Å². The fraction of sp³-hybridized carbons (Fsp3) is 0.238. The second-order valence-electron chi connectivity index (χ2n) is 6.65. The largest absolute Gasteiger partial charge is 0.352 e. The van der Waals surface area contributed by atoms with Gasteiger partial charge in [-0.3, -0.25) is 9.78 Å². The number of nitrogens with zero attached hydrogens (tertiary/aromatic N) is 5. The van der Waals surface area contributed by atoms with Crippen LogP contribution in [0.25, 0.3) is 11.3 Å². The van der Waals surface area contributed by atoms with Crippen molar-refractivity contribution in [3.05, 3.63) is 71.5 Å². The van der Waals surface area contributed by atoms with Gasteiger partial charge >= 0.3 is 0 Å². The van der Waals surface area contributed by atoms with Crippen LogP contribution in [0.4, 0.5) is 5.82 Å². The maximum atomic E-state index is 12.6. The molecule has 3 heterocycles. The summed E-state index contributed by atoms with van der Waals surface area (Å²) < 4.78 is 0. The van der Waals surface area contributed by atoms with Crippen molar-refractivity contribution < 1.29 is 4.79 Å². The first-order valence-electron chi connectivity index (χ1n) is 9.21. The number of aromatic nitrogens is 3. The number of carbonyl (C=O) groups excluding carboxylic acids is 1. The minimum absolute atomic E-state index is 0.104. The Labute approximate surface area is 168 Å². The molecular formula is C21H20ClN5O. The van der Waals surface area contributed by atoms with Crippen molar-refractivity contribution in [2.24, 2.45) is 0 Å². The number of pyridine rings is 1. The summed E-state index contributed by atoms with van der Waals surface area (Å²) in [6, 6.07) is 15.3. The number of hydrogen-bond donors (Lipinski definition) is 0. The number of hydrogen-bond acceptors (Lipinski definition) is 5. The van der Waals surface area contributed by atoms with Crippen LogP contribution >= 0.6 is 11.6 Å². The van der Waals surface area contributed by atoms with E-state index in [1.807, 2.05) is 53.4 Å². The summed E-state index contributed by atoms with van der Waals surface area (Å²) in [5, 5.41) is 9.33. The highest BCUT2D eigenvalue weighted by molar-refractivity contribution is 6.31. The minimum atomic E-state index is 0.104. The van der Waals surface area contributed by atoms with Crippen molar-refractivity contribution in [3.63, 3.8) is 0 Å². The zero-order chi connectivity index (χ0) is 19.3. The molecule has 4 rings (SSSR count). The standard InChI is InChI=1S/C21H20ClN5O/c22-18-4-2-1-3-17(18)15-21(28)27-13-11-26(12-14-27)20-6-5-19(24-25-20)16-7-9-23-10-8-16/h1-10H,11-15H2. The number of halogens is 1. The van der Waals surface area contributed by atoms with E-state index in [2.05, 4.69) is 20.1 Å². The van der Waals surface area contributed by atoms with Crippen molar-refractivity contribution in [2.45, 2.75) is 6.42 Å². The van der Waals surface area contributed by atoms with Gasteiger partial charge in [-0.25, -0.2) is 0 Å². The van der Waals surface area contributed by atoms with Gasteiger partial charge in [-0.2, -0.15) is 0 Å². The number of rotatable bonds is 4. The van der Waals surface area contributed by atoms with Gasteiger partial charge in [0.25, 0.3) is 0 Å². The third-order valence-corrected chi connectivity index (χ3v) is 5.25. The average molecular weight is 394 g/mol. The predicted octanol–water partition coefficient (Wildman–Crippen LogP) is 3.08. The van der Waals surface area contributed by atoms with Crippen LogP contribution in [0.15, 0.2) is 60.9 Å². The van der Waals surface area contributed by atoms with Gasteiger partial charge in [0.2, 0.25) is 5.91 Å². The molecule has 1 saturated heterocycles. The molecule has 0 radical (unpaired) electrons. The van der Waals surface area contributed by atoms with Gasteiger partial charge in [0.1, 0.15) is 0 Å². The van der Waals surface area contributed by atoms with Gasteiger partial charge in [0.15, 0.2) is 5.82 Å². The Morgan fingerprint density at radius 1 is 0.929 bits per heavy atom. The lowest BCUT2D eigenvalue weighted by Gasteiger charge is -2.35. The molecule has 1 aliphatic rings. The second kappa shape index (κ2) is 8.35. The molecule has 1 amide bonds. The second-order valence-corrected chi connectivity index (χ2v) is 7.06. The van der Waals surface area contributed by atoms with Crippen molar-refractivity contribution >= 4 is 23.3 Å². The topological polar surface area (TPSA) is 62.2 Å². The van der Waals surface area contributed by atoms with Gasteiger partial charge in [-0.15, -0.1) is 10.2 Å². The van der Waals surface area contributed by atoms with Gasteiger partial charge in [-0.05, 0) is 35.9 Å². The molecule has 0 aliphatic carbocycles. The molecule has 3 aromatic rings. The number of anilines is 1. The summed E-state index contributed by atoms with van der Waals surface area (Å²) in [5.74, 6) is 0.933. The minimum Gasteiger partial charge on any atom is -0.352 e. The van der Waals surface area contributed by atoms with Crippen molar-refractivity contribution in [1.82, 2.24) is 20.1 Å². The first-order valence-corrected chi connectivity index (χ1v) is 9.59. The van der Waals surface area contributed by atoms with Gasteiger partial charge in [0, 0.05) is 49.2 Å². The highest BCUT2D eigenvalue weighted by Crippen LogP contribution is 2.20. The van der Waals surface area contributed by atoms with Gasteiger partial charge in [0.05, 0.1) is 12.1 Å². The van der Waals surface area contributed by atoms with Gasteiger partial charge < -0.3 is 9.80 Å². The van der Waals surface area contributed by atoms with E-state index >= 15 is 0 Å². The van der Waals surface area contributed by atoms with Crippen molar-refractivity contribution in [3.8, 4) is 11.3 Å². The molecule has 2 aromatic heterocycles. The molecule has 1 fully saturated rings. The Hall–Kier alpha value is -2.99. The molecular weight excluding hydrogens is 374 g/mol. The Morgan fingerprint density at radius 2 is 1.68 bits per heavy atom. The summed E-state index contributed by atoms with van der Waals surface area (Å²) in [6.45, 7) is 2.79. The molecule has 1 aromatic carbocycles. The summed E-state index contributed by atoms with van der Waals surface area (Å²) in [5.41, 5.74) is 2.68. The smallest absolute Gasteiger partial charge is 0.227 e. The van der Waals surface area contributed by atoms with Crippen molar-refractivity contribution in [2.75, 3.05) is 31.1 Å². The molecule has 0 bridgehead atoms. The first-order chi connectivity index (χ1) is 13.7. The molecule has 0 N–H and O–H groups in total. The van der Waals surface area contributed by atoms with E-state index in [1.54, 1.807) is 12.4 Å². The average Bonchev–Trinajstić information content (AvgIpc) is 2.76. The maximum absolute atomic E-state index is 12.6. The van der Waals surface area contributed by atoms with Crippen LogP contribution in [0.5, 0.6) is 0 Å². The predicted molar refractivity (Wildman–Crippen MR) is 109 cm³/mol. The highest BCUT2D eigenvalue weighted by atomic mass is 35.5. The zero-order valence-corrected chi connectivity index (χ0v) is 16.1. The SMILES string of the molecule is O=C(Cc1ccccc1Cl)N1CCN(c2ccc(-c3ccncc3)nn2)CC1. The van der Waals surface area contributed by atoms with E-state index in [-0.39, 0.29) is 5.91 Å². The fourth-order valence-corrected chi connectivity index (χ4v) is 3.47. The summed E-state index contributed by atoms with van der Waals surface area (Å²) in [7, 11) is 0. The quantitative estimate of drug-likeness (QED) is 0.681. The lowest BCUT2D eigenvalue weighted by atomic mass is 10.1. The fourth-order valence-electron chi connectivity index (χ4n) is 3.27. The Balaban J connectivity index is 1.35. The molecule has 142 valence electrons. The molecule has 0 saturated carbocycles. The van der Waals surface area contributed by atoms with E-state index in [1.165, 1.54) is 0 Å². The Kier molecular flexibility index (Phi) is 5.48. The van der Waals surface area contributed by atoms with Gasteiger partial charge in [-0.1, -0.05) is 29.8 Å². The zero-order valence-electron chi connectivity index (χ0n) is 15.3. The summed E-state index contributed by atoms with van der Waals surface area (Å²) in [6.07, 6.45) is 3.81. The van der Waals surface area contributed by atoms with Crippen molar-refractivity contribution in [1.29, 1.82) is 0 Å². The van der Waals surface area contributed by atoms with E-state index in [4.69, 9.17) is 11.6 Å². The van der Waals surface area contributed by atoms with Crippen LogP contribution in [0.2, 0.25) is 5.02 Å². The van der Waals surface area contributed by atoms with Crippen LogP contribution < -0.4 is 4.90 Å². The van der Waals surface area contributed by atoms with Crippen LogP contribution in [0.1, 0.15) is 5.56 Å². The normalized spacial score (nSPS) is 14.2. The van der Waals surface area contributed by atoms with E-state index in [0.717, 1.165) is 35.7 Å². The Morgan fingerprint density at radius 3 is 2.36 bits per heavy atom. The maximum Gasteiger partial charge on any atom is 0.227 e. The third-order valence-electron chi connectivity index (χ3n) is 4.88. The molecule has 0 unspecified atom stereocenters. The summed E-state index contributed by atoms with van der Waals surface area (Å²) >= 11 is 6.17. The van der Waals surface area contributed by atoms with Crippen LogP contribution in [-0.2, 0) is 11.2 Å².